The zero-order valence-corrected chi connectivity index (χ0v) is 67.1. The zero-order valence-electron chi connectivity index (χ0n) is 66.2. The molecule has 4 amide bonds. The number of carbonyl (C=O) groups is 8. The van der Waals surface area contributed by atoms with Crippen LogP contribution >= 0.6 is 11.8 Å². The van der Waals surface area contributed by atoms with Gasteiger partial charge in [-0.3, -0.25) is 14.4 Å². The molecule has 0 aliphatic rings. The number of esters is 5. The lowest BCUT2D eigenvalue weighted by atomic mass is 9.97. The number of aromatic hydroxyl groups is 5. The Balaban J connectivity index is 0.000000477. The molecular weight excluding hydrogens is 1430 g/mol. The summed E-state index contributed by atoms with van der Waals surface area (Å²) in [5.41, 5.74) is 17.7. The van der Waals surface area contributed by atoms with Gasteiger partial charge in [0.15, 0.2) is 0 Å². The Morgan fingerprint density at radius 1 is 0.418 bits per heavy atom. The molecule has 0 fully saturated rings. The Labute approximate surface area is 651 Å². The summed E-state index contributed by atoms with van der Waals surface area (Å²) in [6, 6.07) is 22.6. The first-order valence-corrected chi connectivity index (χ1v) is 36.5. The van der Waals surface area contributed by atoms with Gasteiger partial charge in [0.05, 0.1) is 32.7 Å². The van der Waals surface area contributed by atoms with Gasteiger partial charge in [0, 0.05) is 45.0 Å². The minimum Gasteiger partial charge on any atom is -0.507 e. The van der Waals surface area contributed by atoms with Crippen molar-refractivity contribution < 1.29 is 92.3 Å². The molecule has 0 aliphatic carbocycles. The number of amides is 4. The molecule has 0 bridgehead atoms. The molecule has 0 atom stereocenters. The molecule has 0 saturated carbocycles. The highest BCUT2D eigenvalue weighted by molar-refractivity contribution is 7.99. The predicted octanol–water partition coefficient (Wildman–Crippen LogP) is 15.4. The summed E-state index contributed by atoms with van der Waals surface area (Å²) < 4.78 is 29.6. The maximum absolute atomic E-state index is 11.8. The van der Waals surface area contributed by atoms with E-state index in [-0.39, 0.29) is 112 Å². The third-order valence-electron chi connectivity index (χ3n) is 15.7. The SMILES string of the molecule is C=C(C)C(=O)OCCCc1cc(C)c(O)c(C)c1.C=C(C)C(=O)OCCNC(=O)NCCOC(=O)CCc1cc(C)c(O)c(C)c1.C=C(C)C(=O)OCCNC(=O)OCCOC(=O)CCSc1cc(C)c(O)c(C)c1.C=CC(=O)Nc1cc(C)c(O)c(C)c1.C=Cc1c(C)cc(C)cc1/C=C/c1cc(C)cc(C)c1O. The van der Waals surface area contributed by atoms with Gasteiger partial charge in [-0.25, -0.2) is 24.0 Å². The molecule has 6 aromatic rings. The number of hydrogen-bond acceptors (Lipinski definition) is 20. The van der Waals surface area contributed by atoms with E-state index < -0.39 is 24.1 Å². The summed E-state index contributed by atoms with van der Waals surface area (Å²) in [5, 5.41) is 58.9. The topological polar surface area (TPSA) is 341 Å². The van der Waals surface area contributed by atoms with Crippen molar-refractivity contribution >= 4 is 83.6 Å². The Morgan fingerprint density at radius 2 is 0.800 bits per heavy atom. The first-order valence-electron chi connectivity index (χ1n) is 35.5. The van der Waals surface area contributed by atoms with E-state index in [2.05, 4.69) is 80.1 Å². The Bertz CT molecular complexity index is 4190. The van der Waals surface area contributed by atoms with Crippen molar-refractivity contribution in [1.29, 1.82) is 0 Å². The van der Waals surface area contributed by atoms with Crippen LogP contribution in [-0.4, -0.2) is 138 Å². The lowest BCUT2D eigenvalue weighted by Gasteiger charge is -2.10. The fraction of sp³-hybridized carbons (Fsp3) is 0.349. The number of benzene rings is 6. The van der Waals surface area contributed by atoms with E-state index in [1.54, 1.807) is 32.9 Å². The molecule has 0 unspecified atom stereocenters. The number of alkyl carbamates (subject to hydrolysis) is 1. The van der Waals surface area contributed by atoms with E-state index in [1.807, 2.05) is 122 Å². The van der Waals surface area contributed by atoms with Gasteiger partial charge in [-0.1, -0.05) is 105 Å². The maximum Gasteiger partial charge on any atom is 0.407 e. The van der Waals surface area contributed by atoms with Crippen molar-refractivity contribution in [1.82, 2.24) is 16.0 Å². The first-order chi connectivity index (χ1) is 51.8. The van der Waals surface area contributed by atoms with Crippen molar-refractivity contribution in [3.63, 3.8) is 0 Å². The van der Waals surface area contributed by atoms with Gasteiger partial charge in [0.25, 0.3) is 0 Å². The average Bonchev–Trinajstić information content (AvgIpc) is 0.824. The second kappa shape index (κ2) is 49.4. The van der Waals surface area contributed by atoms with Gasteiger partial charge in [-0.15, -0.1) is 11.8 Å². The molecule has 0 saturated heterocycles. The van der Waals surface area contributed by atoms with Gasteiger partial charge in [0.2, 0.25) is 5.91 Å². The Hall–Kier alpha value is -11.5. The molecule has 110 heavy (non-hydrogen) atoms. The summed E-state index contributed by atoms with van der Waals surface area (Å²) in [6.45, 7) is 45.9. The molecule has 0 aliphatic heterocycles. The van der Waals surface area contributed by atoms with Crippen LogP contribution in [0.5, 0.6) is 28.7 Å². The summed E-state index contributed by atoms with van der Waals surface area (Å²) >= 11 is 1.50. The highest BCUT2D eigenvalue weighted by Crippen LogP contribution is 2.31. The number of rotatable bonds is 31. The van der Waals surface area contributed by atoms with Gasteiger partial charge >= 0.3 is 42.0 Å². The molecular formula is C86H110N4O19S. The number of anilines is 1. The van der Waals surface area contributed by atoms with E-state index in [0.29, 0.717) is 47.1 Å². The number of urea groups is 1. The second-order valence-corrected chi connectivity index (χ2v) is 27.2. The fourth-order valence-electron chi connectivity index (χ4n) is 10.1. The number of ether oxygens (including phenoxy) is 6. The van der Waals surface area contributed by atoms with Crippen LogP contribution in [0.1, 0.15) is 135 Å². The summed E-state index contributed by atoms with van der Waals surface area (Å²) in [7, 11) is 0. The Morgan fingerprint density at radius 3 is 1.27 bits per heavy atom. The number of phenols is 5. The fourth-order valence-corrected chi connectivity index (χ4v) is 11.1. The van der Waals surface area contributed by atoms with Gasteiger partial charge in [0.1, 0.15) is 61.8 Å². The van der Waals surface area contributed by atoms with Crippen molar-refractivity contribution in [2.45, 2.75) is 141 Å². The molecule has 594 valence electrons. The highest BCUT2D eigenvalue weighted by atomic mass is 32.2. The van der Waals surface area contributed by atoms with Crippen LogP contribution in [0.4, 0.5) is 15.3 Å². The molecule has 6 aromatic carbocycles. The average molecular weight is 1540 g/mol. The molecule has 9 N–H and O–H groups in total. The first kappa shape index (κ1) is 94.6. The van der Waals surface area contributed by atoms with Crippen LogP contribution in [0.15, 0.2) is 133 Å². The normalized spacial score (nSPS) is 10.2. The molecule has 0 radical (unpaired) electrons. The van der Waals surface area contributed by atoms with E-state index in [4.69, 9.17) is 28.4 Å². The summed E-state index contributed by atoms with van der Waals surface area (Å²) in [5.74, 6) is -0.328. The number of thioether (sulfide) groups is 1. The van der Waals surface area contributed by atoms with Crippen molar-refractivity contribution in [2.75, 3.05) is 70.3 Å². The smallest absolute Gasteiger partial charge is 0.407 e. The molecule has 6 rings (SSSR count). The quantitative estimate of drug-likeness (QED) is 0.00371. The number of aryl methyl sites for hydroxylation is 14. The predicted molar refractivity (Wildman–Crippen MR) is 434 cm³/mol. The van der Waals surface area contributed by atoms with Crippen LogP contribution in [0.3, 0.4) is 0 Å². The van der Waals surface area contributed by atoms with Gasteiger partial charge in [-0.2, -0.15) is 0 Å². The van der Waals surface area contributed by atoms with E-state index in [0.717, 1.165) is 101 Å². The monoisotopic (exact) mass is 1530 g/mol. The molecule has 0 heterocycles. The molecule has 0 aromatic heterocycles. The molecule has 0 spiro atoms. The van der Waals surface area contributed by atoms with Crippen LogP contribution in [-0.2, 0) is 70.0 Å². The maximum atomic E-state index is 11.8. The summed E-state index contributed by atoms with van der Waals surface area (Å²) in [4.78, 5) is 91.8. The molecule has 24 heteroatoms. The van der Waals surface area contributed by atoms with Gasteiger partial charge in [-0.05, 0) is 237 Å². The van der Waals surface area contributed by atoms with Crippen LogP contribution in [0.25, 0.3) is 18.2 Å². The van der Waals surface area contributed by atoms with Gasteiger partial charge < -0.3 is 75.2 Å². The van der Waals surface area contributed by atoms with E-state index in [9.17, 15) is 63.9 Å². The second-order valence-electron chi connectivity index (χ2n) is 26.0. The zero-order chi connectivity index (χ0) is 82.9. The van der Waals surface area contributed by atoms with Crippen molar-refractivity contribution in [3.8, 4) is 28.7 Å². The van der Waals surface area contributed by atoms with Crippen LogP contribution < -0.4 is 21.3 Å². The molecule has 23 nitrogen and oxygen atoms in total. The number of hydrogen-bond donors (Lipinski definition) is 9. The number of nitrogens with one attached hydrogen (secondary N) is 4. The highest BCUT2D eigenvalue weighted by Gasteiger charge is 2.14. The van der Waals surface area contributed by atoms with Crippen molar-refractivity contribution in [3.05, 3.63) is 223 Å². The lowest BCUT2D eigenvalue weighted by Crippen LogP contribution is -2.39. The minimum atomic E-state index is -0.693. The number of phenolic OH excluding ortho intramolecular Hbond substituents is 5. The standard InChI is InChI=1S/C20H28N2O6.C20H27NO7S.C20H22O.C15H20O3.C11H13NO2/c1-13(2)19(25)28-10-8-22-20(26)21-7-9-27-17(23)6-5-16-11-14(3)18(24)15(4)12-16;1-13(2)19(24)27-7-6-21-20(25)28-9-8-26-17(22)5-10-29-16-11-14(3)18(23)15(4)12-16;1-6-19-15(4)9-13(2)11-17(19)7-8-18-12-14(3)10-16(5)20(18)21;1-10(2)15(17)18-7-5-6-13-8-11(3)14(16)12(4)9-13;1-4-10(13)12-9-5-7(2)11(14)8(3)6-9/h11-12,24H,1,5-10H2,2-4H3,(H2,21,22,26);11-12,23H,1,5-10H2,2-4H3,(H,21,25);6-12,21H,1H2,2-5H3;8-9,16H,1,5-7H2,2-4H3;4-6,14H,1H2,2-3H3,(H,12,13)/b;;8-7+;;. The number of carbonyl (C=O) groups excluding carboxylic acids is 8. The third-order valence-corrected chi connectivity index (χ3v) is 16.7. The van der Waals surface area contributed by atoms with Crippen LogP contribution in [0, 0.1) is 83.1 Å². The minimum absolute atomic E-state index is 0.00747. The van der Waals surface area contributed by atoms with E-state index >= 15 is 0 Å². The van der Waals surface area contributed by atoms with Crippen molar-refractivity contribution in [2.24, 2.45) is 0 Å². The van der Waals surface area contributed by atoms with E-state index in [1.165, 1.54) is 42.8 Å². The Kier molecular flexibility index (Phi) is 42.5. The third kappa shape index (κ3) is 36.4. The summed E-state index contributed by atoms with van der Waals surface area (Å²) in [6.07, 6.45) is 8.94. The van der Waals surface area contributed by atoms with Crippen LogP contribution in [0.2, 0.25) is 0 Å². The lowest BCUT2D eigenvalue weighted by molar-refractivity contribution is -0.144. The largest absolute Gasteiger partial charge is 0.507 e.